The number of carboxylic acids is 1. The molecule has 0 spiro atoms. The monoisotopic (exact) mass is 588 g/mol. The van der Waals surface area contributed by atoms with Crippen LogP contribution in [0.2, 0.25) is 4.34 Å². The van der Waals surface area contributed by atoms with Crippen molar-refractivity contribution in [3.63, 3.8) is 0 Å². The number of benzene rings is 2. The van der Waals surface area contributed by atoms with Crippen molar-refractivity contribution in [3.05, 3.63) is 68.4 Å². The number of ether oxygens (including phenoxy) is 1. The average molecular weight is 589 g/mol. The first kappa shape index (κ1) is 27.6. The summed E-state index contributed by atoms with van der Waals surface area (Å²) in [4.78, 5) is 12.8. The van der Waals surface area contributed by atoms with Gasteiger partial charge in [0.15, 0.2) is 0 Å². The van der Waals surface area contributed by atoms with Crippen LogP contribution in [-0.4, -0.2) is 51.4 Å². The second-order valence-corrected chi connectivity index (χ2v) is 13.1. The summed E-state index contributed by atoms with van der Waals surface area (Å²) in [5.41, 5.74) is 3.93. The van der Waals surface area contributed by atoms with Crippen LogP contribution in [0.4, 0.5) is 0 Å². The maximum absolute atomic E-state index is 13.6. The number of hydrogen-bond acceptors (Lipinski definition) is 7. The van der Waals surface area contributed by atoms with Gasteiger partial charge in [-0.15, -0.1) is 16.4 Å². The molecule has 0 radical (unpaired) electrons. The van der Waals surface area contributed by atoms with Gasteiger partial charge in [-0.25, -0.2) is 13.1 Å². The van der Waals surface area contributed by atoms with Gasteiger partial charge < -0.3 is 9.84 Å². The minimum atomic E-state index is -3.85. The van der Waals surface area contributed by atoms with E-state index < -0.39 is 21.9 Å². The Morgan fingerprint density at radius 3 is 2.74 bits per heavy atom. The number of carboxylic acid groups (broad SMARTS) is 1. The summed E-state index contributed by atoms with van der Waals surface area (Å²) in [5.74, 6) is -1.09. The quantitative estimate of drug-likeness (QED) is 0.291. The van der Waals surface area contributed by atoms with E-state index >= 15 is 0 Å². The fourth-order valence-electron chi connectivity index (χ4n) is 5.03. The van der Waals surface area contributed by atoms with E-state index in [2.05, 4.69) is 10.3 Å². The van der Waals surface area contributed by atoms with E-state index in [0.717, 1.165) is 27.0 Å². The summed E-state index contributed by atoms with van der Waals surface area (Å²) in [7, 11) is -3.85. The van der Waals surface area contributed by atoms with Gasteiger partial charge in [0.25, 0.3) is 0 Å². The number of sulfonamides is 1. The van der Waals surface area contributed by atoms with Crippen LogP contribution in [0, 0.1) is 6.92 Å². The van der Waals surface area contributed by atoms with Crippen molar-refractivity contribution in [3.8, 4) is 5.75 Å². The Morgan fingerprint density at radius 2 is 2.03 bits per heavy atom. The van der Waals surface area contributed by atoms with E-state index in [-0.39, 0.29) is 30.5 Å². The van der Waals surface area contributed by atoms with Crippen molar-refractivity contribution in [1.29, 1.82) is 0 Å². The Labute approximate surface area is 236 Å². The normalized spacial score (nSPS) is 17.9. The minimum Gasteiger partial charge on any atom is -0.488 e. The number of fused-ring (bicyclic) bond motifs is 2. The topological polar surface area (TPSA) is 115 Å². The van der Waals surface area contributed by atoms with E-state index in [4.69, 9.17) is 16.3 Å². The van der Waals surface area contributed by atoms with Gasteiger partial charge in [-0.3, -0.25) is 4.79 Å². The lowest BCUT2D eigenvalue weighted by Crippen LogP contribution is -2.36. The molecule has 9 nitrogen and oxygen atoms in total. The Kier molecular flexibility index (Phi) is 7.69. The fraction of sp³-hybridized carbons (Fsp3) is 0.370. The Hall–Kier alpha value is -2.99. The van der Waals surface area contributed by atoms with Gasteiger partial charge in [0.2, 0.25) is 10.0 Å². The lowest BCUT2D eigenvalue weighted by Gasteiger charge is -2.22. The number of aryl methyl sites for hydroxylation is 2. The SMILES string of the molecule is CC[C@@H]1CN(Cc2cc([C@H](CC(=O)O)c3ccc4c(nnn4CC)c3C)sc2Cl)S(=O)(=O)c2ccccc2O1. The third-order valence-electron chi connectivity index (χ3n) is 7.13. The number of aliphatic carboxylic acids is 1. The van der Waals surface area contributed by atoms with Crippen LogP contribution in [0.5, 0.6) is 5.75 Å². The summed E-state index contributed by atoms with van der Waals surface area (Å²) < 4.78 is 36.9. The average Bonchev–Trinajstić information content (AvgIpc) is 3.47. The van der Waals surface area contributed by atoms with Crippen molar-refractivity contribution in [2.45, 2.75) is 63.6 Å². The molecule has 39 heavy (non-hydrogen) atoms. The molecular weight excluding hydrogens is 560 g/mol. The van der Waals surface area contributed by atoms with Gasteiger partial charge in [0.05, 0.1) is 22.8 Å². The number of nitrogens with zero attached hydrogens (tertiary/aromatic N) is 4. The molecule has 0 amide bonds. The van der Waals surface area contributed by atoms with E-state index in [1.807, 2.05) is 39.0 Å². The summed E-state index contributed by atoms with van der Waals surface area (Å²) in [6, 6.07) is 12.3. The van der Waals surface area contributed by atoms with E-state index in [9.17, 15) is 18.3 Å². The number of rotatable bonds is 8. The number of para-hydroxylation sites is 1. The maximum atomic E-state index is 13.6. The van der Waals surface area contributed by atoms with Crippen molar-refractivity contribution < 1.29 is 23.1 Å². The van der Waals surface area contributed by atoms with Crippen molar-refractivity contribution >= 4 is 50.0 Å². The molecule has 2 aromatic carbocycles. The van der Waals surface area contributed by atoms with Gasteiger partial charge in [-0.05, 0) is 61.2 Å². The third kappa shape index (κ3) is 5.16. The Balaban J connectivity index is 1.53. The van der Waals surface area contributed by atoms with Crippen LogP contribution in [0.25, 0.3) is 11.0 Å². The van der Waals surface area contributed by atoms with Crippen LogP contribution in [-0.2, 0) is 27.9 Å². The number of aromatic nitrogens is 3. The zero-order chi connectivity index (χ0) is 27.9. The summed E-state index contributed by atoms with van der Waals surface area (Å²) in [5, 5.41) is 18.3. The highest BCUT2D eigenvalue weighted by Crippen LogP contribution is 2.41. The zero-order valence-electron chi connectivity index (χ0n) is 21.8. The molecule has 3 heterocycles. The molecule has 4 aromatic rings. The lowest BCUT2D eigenvalue weighted by atomic mass is 9.89. The fourth-order valence-corrected chi connectivity index (χ4v) is 8.00. The smallest absolute Gasteiger partial charge is 0.304 e. The largest absolute Gasteiger partial charge is 0.488 e. The van der Waals surface area contributed by atoms with Crippen molar-refractivity contribution in [2.75, 3.05) is 6.54 Å². The molecule has 206 valence electrons. The highest BCUT2D eigenvalue weighted by Gasteiger charge is 2.35. The van der Waals surface area contributed by atoms with Crippen LogP contribution in [0.1, 0.15) is 54.2 Å². The van der Waals surface area contributed by atoms with Gasteiger partial charge in [0, 0.05) is 23.9 Å². The van der Waals surface area contributed by atoms with Crippen LogP contribution in [0.15, 0.2) is 47.4 Å². The number of thiophene rings is 1. The molecule has 0 saturated carbocycles. The second-order valence-electron chi connectivity index (χ2n) is 9.54. The predicted octanol–water partition coefficient (Wildman–Crippen LogP) is 5.44. The van der Waals surface area contributed by atoms with Crippen LogP contribution >= 0.6 is 22.9 Å². The van der Waals surface area contributed by atoms with E-state index in [1.54, 1.807) is 28.9 Å². The molecule has 1 aliphatic heterocycles. The molecule has 0 aliphatic carbocycles. The second kappa shape index (κ2) is 10.9. The van der Waals surface area contributed by atoms with Crippen LogP contribution < -0.4 is 4.74 Å². The predicted molar refractivity (Wildman–Crippen MR) is 150 cm³/mol. The summed E-state index contributed by atoms with van der Waals surface area (Å²) >= 11 is 7.96. The van der Waals surface area contributed by atoms with Gasteiger partial charge >= 0.3 is 5.97 Å². The van der Waals surface area contributed by atoms with Gasteiger partial charge in [0.1, 0.15) is 22.3 Å². The number of halogens is 1. The lowest BCUT2D eigenvalue weighted by molar-refractivity contribution is -0.137. The van der Waals surface area contributed by atoms with E-state index in [0.29, 0.717) is 28.6 Å². The third-order valence-corrected chi connectivity index (χ3v) is 10.5. The Bertz CT molecular complexity index is 1650. The number of hydrogen-bond donors (Lipinski definition) is 1. The standard InChI is InChI=1S/C27H29ClN4O5S2/c1-4-18-15-31(39(35,36)24-9-7-6-8-22(24)37-18)14-17-12-23(38-27(17)28)20(13-25(33)34)19-10-11-21-26(16(19)3)29-30-32(21)5-2/h6-12,18,20H,4-5,13-15H2,1-3H3,(H,33,34)/t18-,20-/m1/s1. The summed E-state index contributed by atoms with van der Waals surface area (Å²) in [6.07, 6.45) is 0.172. The molecule has 1 N–H and O–H groups in total. The molecule has 0 fully saturated rings. The first-order chi connectivity index (χ1) is 18.6. The Morgan fingerprint density at radius 1 is 1.26 bits per heavy atom. The van der Waals surface area contributed by atoms with E-state index in [1.165, 1.54) is 15.6 Å². The minimum absolute atomic E-state index is 0.0501. The molecule has 5 rings (SSSR count). The first-order valence-electron chi connectivity index (χ1n) is 12.7. The summed E-state index contributed by atoms with van der Waals surface area (Å²) in [6.45, 7) is 6.76. The van der Waals surface area contributed by atoms with Crippen LogP contribution in [0.3, 0.4) is 0 Å². The molecule has 0 unspecified atom stereocenters. The highest BCUT2D eigenvalue weighted by atomic mass is 35.5. The maximum Gasteiger partial charge on any atom is 0.304 e. The molecular formula is C27H29ClN4O5S2. The molecule has 1 aliphatic rings. The van der Waals surface area contributed by atoms with Gasteiger partial charge in [-0.2, -0.15) is 4.31 Å². The van der Waals surface area contributed by atoms with Crippen molar-refractivity contribution in [2.24, 2.45) is 0 Å². The molecule has 2 aromatic heterocycles. The van der Waals surface area contributed by atoms with Crippen molar-refractivity contribution in [1.82, 2.24) is 19.3 Å². The first-order valence-corrected chi connectivity index (χ1v) is 15.4. The molecule has 2 atom stereocenters. The molecule has 0 saturated heterocycles. The molecule has 0 bridgehead atoms. The molecule has 12 heteroatoms. The van der Waals surface area contributed by atoms with Gasteiger partial charge in [-0.1, -0.05) is 41.9 Å². The zero-order valence-corrected chi connectivity index (χ0v) is 24.2. The number of carbonyl (C=O) groups is 1. The highest BCUT2D eigenvalue weighted by molar-refractivity contribution is 7.89.